The Balaban J connectivity index is 1.68. The predicted octanol–water partition coefficient (Wildman–Crippen LogP) is 2.14. The first-order chi connectivity index (χ1) is 8.88. The number of carboxylic acids is 1. The van der Waals surface area contributed by atoms with E-state index >= 15 is 0 Å². The third-order valence-electron chi connectivity index (χ3n) is 4.11. The van der Waals surface area contributed by atoms with Crippen molar-refractivity contribution in [2.45, 2.75) is 44.4 Å². The summed E-state index contributed by atoms with van der Waals surface area (Å²) < 4.78 is 25.5. The van der Waals surface area contributed by atoms with Gasteiger partial charge in [-0.05, 0) is 25.2 Å². The van der Waals surface area contributed by atoms with Crippen molar-refractivity contribution >= 4 is 11.9 Å². The van der Waals surface area contributed by atoms with Gasteiger partial charge in [0, 0.05) is 38.3 Å². The minimum atomic E-state index is -2.63. The molecule has 1 aliphatic heterocycles. The molecule has 1 aliphatic carbocycles. The molecule has 0 radical (unpaired) electrons. The van der Waals surface area contributed by atoms with Gasteiger partial charge in [0.1, 0.15) is 0 Å². The first-order valence-electron chi connectivity index (χ1n) is 6.76. The lowest BCUT2D eigenvalue weighted by molar-refractivity contribution is -0.138. The number of nitrogens with zero attached hydrogens (tertiary/aromatic N) is 1. The summed E-state index contributed by atoms with van der Waals surface area (Å²) in [6.07, 6.45) is 2.14. The van der Waals surface area contributed by atoms with Crippen molar-refractivity contribution in [2.75, 3.05) is 13.1 Å². The van der Waals surface area contributed by atoms with Crippen LogP contribution in [0.25, 0.3) is 0 Å². The first kappa shape index (κ1) is 14.2. The van der Waals surface area contributed by atoms with Crippen LogP contribution in [0.15, 0.2) is 0 Å². The maximum Gasteiger partial charge on any atom is 0.303 e. The monoisotopic (exact) mass is 275 g/mol. The average molecular weight is 275 g/mol. The number of alkyl halides is 2. The summed E-state index contributed by atoms with van der Waals surface area (Å²) in [6.45, 7) is 1.14. The second kappa shape index (κ2) is 5.43. The summed E-state index contributed by atoms with van der Waals surface area (Å²) in [7, 11) is 0. The smallest absolute Gasteiger partial charge is 0.303 e. The number of rotatable bonds is 5. The Morgan fingerprint density at radius 3 is 2.32 bits per heavy atom. The highest BCUT2D eigenvalue weighted by Gasteiger charge is 2.57. The quantitative estimate of drug-likeness (QED) is 0.836. The van der Waals surface area contributed by atoms with Crippen molar-refractivity contribution in [1.29, 1.82) is 0 Å². The van der Waals surface area contributed by atoms with E-state index in [2.05, 4.69) is 0 Å². The largest absolute Gasteiger partial charge is 0.481 e. The van der Waals surface area contributed by atoms with Gasteiger partial charge < -0.3 is 10.0 Å². The Morgan fingerprint density at radius 1 is 1.26 bits per heavy atom. The number of aliphatic carboxylic acids is 1. The number of likely N-dealkylation sites (tertiary alicyclic amines) is 1. The van der Waals surface area contributed by atoms with Crippen LogP contribution in [0.3, 0.4) is 0 Å². The zero-order valence-corrected chi connectivity index (χ0v) is 10.8. The SMILES string of the molecule is O=C(O)CCC1CCN(C(=O)C[C@H]2CC2(F)F)CC1. The fourth-order valence-electron chi connectivity index (χ4n) is 2.63. The van der Waals surface area contributed by atoms with Gasteiger partial charge in [-0.1, -0.05) is 0 Å². The van der Waals surface area contributed by atoms with E-state index in [1.165, 1.54) is 0 Å². The summed E-state index contributed by atoms with van der Waals surface area (Å²) >= 11 is 0. The highest BCUT2D eigenvalue weighted by molar-refractivity contribution is 5.77. The van der Waals surface area contributed by atoms with E-state index in [0.717, 1.165) is 12.8 Å². The molecule has 1 atom stereocenters. The van der Waals surface area contributed by atoms with Crippen molar-refractivity contribution in [3.8, 4) is 0 Å². The standard InChI is InChI=1S/C13H19F2NO3/c14-13(15)8-10(13)7-11(17)16-5-3-9(4-6-16)1-2-12(18)19/h9-10H,1-8H2,(H,18,19)/t10-/m0/s1. The fourth-order valence-corrected chi connectivity index (χ4v) is 2.63. The molecular weight excluding hydrogens is 256 g/mol. The number of carbonyl (C=O) groups is 2. The van der Waals surface area contributed by atoms with Gasteiger partial charge >= 0.3 is 5.97 Å². The number of hydrogen-bond acceptors (Lipinski definition) is 2. The summed E-state index contributed by atoms with van der Waals surface area (Å²) in [6, 6.07) is 0. The van der Waals surface area contributed by atoms with Gasteiger partial charge in [-0.15, -0.1) is 0 Å². The second-order valence-electron chi connectivity index (χ2n) is 5.62. The van der Waals surface area contributed by atoms with Crippen LogP contribution in [0.2, 0.25) is 0 Å². The highest BCUT2D eigenvalue weighted by atomic mass is 19.3. The third kappa shape index (κ3) is 3.88. The molecule has 0 aromatic rings. The van der Waals surface area contributed by atoms with E-state index in [1.807, 2.05) is 0 Å². The van der Waals surface area contributed by atoms with E-state index < -0.39 is 17.8 Å². The van der Waals surface area contributed by atoms with Crippen LogP contribution in [0.4, 0.5) is 8.78 Å². The van der Waals surface area contributed by atoms with Crippen LogP contribution in [0.5, 0.6) is 0 Å². The van der Waals surface area contributed by atoms with Gasteiger partial charge in [-0.3, -0.25) is 9.59 Å². The molecule has 4 nitrogen and oxygen atoms in total. The molecule has 2 fully saturated rings. The van der Waals surface area contributed by atoms with E-state index in [-0.39, 0.29) is 25.2 Å². The molecular formula is C13H19F2NO3. The van der Waals surface area contributed by atoms with E-state index in [4.69, 9.17) is 5.11 Å². The maximum atomic E-state index is 12.7. The normalized spacial score (nSPS) is 26.2. The van der Waals surface area contributed by atoms with Crippen molar-refractivity contribution in [3.05, 3.63) is 0 Å². The number of halogens is 2. The molecule has 1 amide bonds. The number of amides is 1. The first-order valence-corrected chi connectivity index (χ1v) is 6.76. The minimum Gasteiger partial charge on any atom is -0.481 e. The molecule has 2 rings (SSSR count). The Hall–Kier alpha value is -1.20. The zero-order valence-electron chi connectivity index (χ0n) is 10.8. The molecule has 1 saturated carbocycles. The van der Waals surface area contributed by atoms with Crippen LogP contribution < -0.4 is 0 Å². The van der Waals surface area contributed by atoms with Gasteiger partial charge in [0.05, 0.1) is 0 Å². The minimum absolute atomic E-state index is 0.0488. The van der Waals surface area contributed by atoms with Crippen LogP contribution in [-0.2, 0) is 9.59 Å². The third-order valence-corrected chi connectivity index (χ3v) is 4.11. The van der Waals surface area contributed by atoms with Gasteiger partial charge in [0.2, 0.25) is 5.91 Å². The summed E-state index contributed by atoms with van der Waals surface area (Å²) in [5, 5.41) is 8.60. The van der Waals surface area contributed by atoms with Crippen LogP contribution in [0, 0.1) is 11.8 Å². The Kier molecular flexibility index (Phi) is 4.06. The van der Waals surface area contributed by atoms with Crippen molar-refractivity contribution in [3.63, 3.8) is 0 Å². The molecule has 0 aromatic carbocycles. The number of carbonyl (C=O) groups excluding carboxylic acids is 1. The van der Waals surface area contributed by atoms with Crippen molar-refractivity contribution < 1.29 is 23.5 Å². The molecule has 6 heteroatoms. The molecule has 0 aromatic heterocycles. The Labute approximate surface area is 110 Å². The molecule has 19 heavy (non-hydrogen) atoms. The lowest BCUT2D eigenvalue weighted by atomic mass is 9.92. The van der Waals surface area contributed by atoms with Gasteiger partial charge in [0.15, 0.2) is 0 Å². The molecule has 0 spiro atoms. The van der Waals surface area contributed by atoms with Gasteiger partial charge in [0.25, 0.3) is 5.92 Å². The van der Waals surface area contributed by atoms with Crippen LogP contribution in [-0.4, -0.2) is 40.9 Å². The van der Waals surface area contributed by atoms with E-state index in [1.54, 1.807) is 4.90 Å². The highest BCUT2D eigenvalue weighted by Crippen LogP contribution is 2.50. The molecule has 2 aliphatic rings. The fraction of sp³-hybridized carbons (Fsp3) is 0.846. The second-order valence-corrected chi connectivity index (χ2v) is 5.62. The number of carboxylic acid groups (broad SMARTS) is 1. The molecule has 1 saturated heterocycles. The molecule has 0 bridgehead atoms. The van der Waals surface area contributed by atoms with Crippen molar-refractivity contribution in [1.82, 2.24) is 4.90 Å². The van der Waals surface area contributed by atoms with E-state index in [0.29, 0.717) is 25.4 Å². The van der Waals surface area contributed by atoms with Crippen molar-refractivity contribution in [2.24, 2.45) is 11.8 Å². The number of hydrogen-bond donors (Lipinski definition) is 1. The van der Waals surface area contributed by atoms with Gasteiger partial charge in [-0.2, -0.15) is 0 Å². The molecule has 1 N–H and O–H groups in total. The lowest BCUT2D eigenvalue weighted by Gasteiger charge is -2.32. The summed E-state index contributed by atoms with van der Waals surface area (Å²) in [4.78, 5) is 23.9. The zero-order chi connectivity index (χ0) is 14.0. The number of piperidine rings is 1. The Morgan fingerprint density at radius 2 is 1.84 bits per heavy atom. The Bertz CT molecular complexity index is 365. The molecule has 1 heterocycles. The van der Waals surface area contributed by atoms with Crippen LogP contribution in [0.1, 0.15) is 38.5 Å². The predicted molar refractivity (Wildman–Crippen MR) is 63.8 cm³/mol. The topological polar surface area (TPSA) is 57.6 Å². The lowest BCUT2D eigenvalue weighted by Crippen LogP contribution is -2.38. The van der Waals surface area contributed by atoms with E-state index in [9.17, 15) is 18.4 Å². The average Bonchev–Trinajstić information content (AvgIpc) is 2.94. The summed E-state index contributed by atoms with van der Waals surface area (Å²) in [5.41, 5.74) is 0. The molecule has 108 valence electrons. The van der Waals surface area contributed by atoms with Crippen LogP contribution >= 0.6 is 0 Å². The summed E-state index contributed by atoms with van der Waals surface area (Å²) in [5.74, 6) is -4.03. The van der Waals surface area contributed by atoms with Gasteiger partial charge in [-0.25, -0.2) is 8.78 Å². The maximum absolute atomic E-state index is 12.7. The molecule has 0 unspecified atom stereocenters.